The summed E-state index contributed by atoms with van der Waals surface area (Å²) in [6.45, 7) is 3.21. The Hall–Kier alpha value is -0.660. The van der Waals surface area contributed by atoms with E-state index in [1.54, 1.807) is 4.90 Å². The number of nitrogens with zero attached hydrogens (tertiary/aromatic N) is 1. The number of unbranched alkanes of at least 4 members (excludes halogenated alkanes) is 2. The first-order valence-electron chi connectivity index (χ1n) is 5.74. The number of rotatable bonds is 10. The fraction of sp³-hybridized carbons (Fsp3) is 0.900. The molecule has 0 aromatic carbocycles. The minimum atomic E-state index is -3.98. The van der Waals surface area contributed by atoms with E-state index in [0.29, 0.717) is 13.1 Å². The number of hydrogen-bond donors (Lipinski definition) is 2. The molecule has 0 unspecified atom stereocenters. The van der Waals surface area contributed by atoms with Gasteiger partial charge in [0.05, 0.1) is 12.2 Å². The van der Waals surface area contributed by atoms with Crippen molar-refractivity contribution < 1.29 is 22.9 Å². The second-order valence-corrected chi connectivity index (χ2v) is 5.55. The molecule has 2 N–H and O–H groups in total. The summed E-state index contributed by atoms with van der Waals surface area (Å²) >= 11 is 0. The summed E-state index contributed by atoms with van der Waals surface area (Å²) in [4.78, 5) is 12.2. The molecule has 0 heterocycles. The lowest BCUT2D eigenvalue weighted by molar-refractivity contribution is -0.137. The highest BCUT2D eigenvalue weighted by molar-refractivity contribution is 7.85. The maximum Gasteiger partial charge on any atom is 0.304 e. The van der Waals surface area contributed by atoms with Crippen molar-refractivity contribution in [1.82, 2.24) is 4.90 Å². The molecule has 17 heavy (non-hydrogen) atoms. The van der Waals surface area contributed by atoms with Crippen molar-refractivity contribution >= 4 is 16.1 Å². The van der Waals surface area contributed by atoms with Gasteiger partial charge in [-0.1, -0.05) is 19.8 Å². The molecule has 0 fully saturated rings. The fourth-order valence-electron chi connectivity index (χ4n) is 1.42. The fourth-order valence-corrected chi connectivity index (χ4v) is 1.91. The zero-order valence-electron chi connectivity index (χ0n) is 10.1. The van der Waals surface area contributed by atoms with E-state index in [9.17, 15) is 13.2 Å². The Morgan fingerprint density at radius 3 is 2.29 bits per heavy atom. The van der Waals surface area contributed by atoms with Crippen LogP contribution < -0.4 is 0 Å². The molecule has 0 aliphatic rings. The molecular weight excluding hydrogens is 246 g/mol. The van der Waals surface area contributed by atoms with Crippen molar-refractivity contribution in [3.05, 3.63) is 0 Å². The van der Waals surface area contributed by atoms with Gasteiger partial charge >= 0.3 is 5.97 Å². The van der Waals surface area contributed by atoms with Gasteiger partial charge in [-0.05, 0) is 13.0 Å². The lowest BCUT2D eigenvalue weighted by Crippen LogP contribution is -2.32. The highest BCUT2D eigenvalue weighted by atomic mass is 32.2. The Labute approximate surface area is 102 Å². The zero-order valence-corrected chi connectivity index (χ0v) is 10.9. The standard InChI is InChI=1S/C10H21NO5S/c1-2-3-4-6-11(7-5-10(12)13)8-9-17(14,15)16/h2-9H2,1H3,(H,12,13)(H,14,15,16). The summed E-state index contributed by atoms with van der Waals surface area (Å²) in [5, 5.41) is 8.57. The van der Waals surface area contributed by atoms with Crippen LogP contribution in [0.1, 0.15) is 32.6 Å². The normalized spacial score (nSPS) is 11.9. The molecule has 0 spiro atoms. The van der Waals surface area contributed by atoms with E-state index in [1.165, 1.54) is 0 Å². The summed E-state index contributed by atoms with van der Waals surface area (Å²) in [6.07, 6.45) is 2.96. The van der Waals surface area contributed by atoms with E-state index in [2.05, 4.69) is 6.92 Å². The van der Waals surface area contributed by atoms with Crippen LogP contribution in [0.15, 0.2) is 0 Å². The van der Waals surface area contributed by atoms with Crippen LogP contribution in [-0.4, -0.2) is 54.3 Å². The average molecular weight is 267 g/mol. The first-order valence-corrected chi connectivity index (χ1v) is 7.35. The Balaban J connectivity index is 4.05. The van der Waals surface area contributed by atoms with Gasteiger partial charge in [-0.3, -0.25) is 9.35 Å². The van der Waals surface area contributed by atoms with E-state index >= 15 is 0 Å². The molecular formula is C10H21NO5S. The molecule has 6 nitrogen and oxygen atoms in total. The zero-order chi connectivity index (χ0) is 13.3. The van der Waals surface area contributed by atoms with E-state index < -0.39 is 16.1 Å². The third-order valence-corrected chi connectivity index (χ3v) is 3.08. The van der Waals surface area contributed by atoms with Crippen molar-refractivity contribution in [3.63, 3.8) is 0 Å². The van der Waals surface area contributed by atoms with E-state index in [4.69, 9.17) is 9.66 Å². The van der Waals surface area contributed by atoms with Crippen LogP contribution in [0.25, 0.3) is 0 Å². The molecule has 0 saturated heterocycles. The van der Waals surface area contributed by atoms with Crippen LogP contribution in [0.5, 0.6) is 0 Å². The van der Waals surface area contributed by atoms with Crippen molar-refractivity contribution in [2.75, 3.05) is 25.4 Å². The molecule has 0 aliphatic carbocycles. The smallest absolute Gasteiger partial charge is 0.304 e. The van der Waals surface area contributed by atoms with Gasteiger partial charge in [0, 0.05) is 13.1 Å². The monoisotopic (exact) mass is 267 g/mol. The number of carboxylic acids is 1. The molecule has 0 atom stereocenters. The van der Waals surface area contributed by atoms with E-state index in [-0.39, 0.29) is 18.7 Å². The first-order chi connectivity index (χ1) is 7.85. The molecule has 0 bridgehead atoms. The molecule has 0 aliphatic heterocycles. The second-order valence-electron chi connectivity index (χ2n) is 3.98. The molecule has 0 amide bonds. The van der Waals surface area contributed by atoms with Crippen LogP contribution in [0.4, 0.5) is 0 Å². The minimum absolute atomic E-state index is 0.0163. The number of hydrogen-bond acceptors (Lipinski definition) is 4. The van der Waals surface area contributed by atoms with Gasteiger partial charge in [0.15, 0.2) is 0 Å². The maximum absolute atomic E-state index is 10.6. The van der Waals surface area contributed by atoms with Crippen LogP contribution in [0, 0.1) is 0 Å². The highest BCUT2D eigenvalue weighted by Crippen LogP contribution is 2.00. The van der Waals surface area contributed by atoms with Crippen LogP contribution in [0.2, 0.25) is 0 Å². The maximum atomic E-state index is 10.6. The number of aliphatic carboxylic acids is 1. The molecule has 0 saturated carbocycles. The summed E-state index contributed by atoms with van der Waals surface area (Å²) in [7, 11) is -3.98. The lowest BCUT2D eigenvalue weighted by atomic mass is 10.2. The topological polar surface area (TPSA) is 94.9 Å². The molecule has 0 aromatic rings. The van der Waals surface area contributed by atoms with Crippen LogP contribution in [-0.2, 0) is 14.9 Å². The number of carboxylic acid groups (broad SMARTS) is 1. The predicted molar refractivity (Wildman–Crippen MR) is 64.6 cm³/mol. The molecule has 102 valence electrons. The molecule has 7 heteroatoms. The van der Waals surface area contributed by atoms with Gasteiger partial charge in [-0.25, -0.2) is 0 Å². The quantitative estimate of drug-likeness (QED) is 0.450. The SMILES string of the molecule is CCCCCN(CCC(=O)O)CCS(=O)(=O)O. The molecule has 0 radical (unpaired) electrons. The van der Waals surface area contributed by atoms with Crippen molar-refractivity contribution in [3.8, 4) is 0 Å². The Kier molecular flexibility index (Phi) is 8.11. The van der Waals surface area contributed by atoms with Crippen molar-refractivity contribution in [2.45, 2.75) is 32.6 Å². The van der Waals surface area contributed by atoms with Crippen LogP contribution in [0.3, 0.4) is 0 Å². The summed E-state index contributed by atoms with van der Waals surface area (Å²) in [6, 6.07) is 0. The van der Waals surface area contributed by atoms with Crippen LogP contribution >= 0.6 is 0 Å². The van der Waals surface area contributed by atoms with Gasteiger partial charge in [0.2, 0.25) is 0 Å². The summed E-state index contributed by atoms with van der Waals surface area (Å²) in [5.74, 6) is -1.25. The summed E-state index contributed by atoms with van der Waals surface area (Å²) < 4.78 is 29.9. The summed E-state index contributed by atoms with van der Waals surface area (Å²) in [5.41, 5.74) is 0. The third kappa shape index (κ3) is 11.6. The van der Waals surface area contributed by atoms with Gasteiger partial charge < -0.3 is 10.0 Å². The predicted octanol–water partition coefficient (Wildman–Crippen LogP) is 0.841. The largest absolute Gasteiger partial charge is 0.481 e. The lowest BCUT2D eigenvalue weighted by Gasteiger charge is -2.20. The second kappa shape index (κ2) is 8.43. The number of carbonyl (C=O) groups is 1. The highest BCUT2D eigenvalue weighted by Gasteiger charge is 2.11. The van der Waals surface area contributed by atoms with Gasteiger partial charge in [0.1, 0.15) is 0 Å². The van der Waals surface area contributed by atoms with E-state index in [1.807, 2.05) is 0 Å². The third-order valence-electron chi connectivity index (χ3n) is 2.39. The van der Waals surface area contributed by atoms with E-state index in [0.717, 1.165) is 19.3 Å². The van der Waals surface area contributed by atoms with Gasteiger partial charge in [0.25, 0.3) is 10.1 Å². The molecule has 0 rings (SSSR count). The Morgan fingerprint density at radius 1 is 1.18 bits per heavy atom. The van der Waals surface area contributed by atoms with Gasteiger partial charge in [-0.2, -0.15) is 8.42 Å². The minimum Gasteiger partial charge on any atom is -0.481 e. The van der Waals surface area contributed by atoms with Crippen molar-refractivity contribution in [1.29, 1.82) is 0 Å². The average Bonchev–Trinajstić information content (AvgIpc) is 2.20. The van der Waals surface area contributed by atoms with Gasteiger partial charge in [-0.15, -0.1) is 0 Å². The Bertz CT molecular complexity index is 315. The first kappa shape index (κ1) is 16.3. The molecule has 0 aromatic heterocycles. The van der Waals surface area contributed by atoms with Crippen molar-refractivity contribution in [2.24, 2.45) is 0 Å². The Morgan fingerprint density at radius 2 is 1.82 bits per heavy atom.